The zero-order valence-electron chi connectivity index (χ0n) is 16.2. The maximum Gasteiger partial charge on any atom is 0.118 e. The lowest BCUT2D eigenvalue weighted by Gasteiger charge is -2.29. The van der Waals surface area contributed by atoms with Crippen LogP contribution in [0.25, 0.3) is 0 Å². The predicted octanol–water partition coefficient (Wildman–Crippen LogP) is 5.41. The van der Waals surface area contributed by atoms with E-state index in [2.05, 4.69) is 24.0 Å². The van der Waals surface area contributed by atoms with Gasteiger partial charge in [0.2, 0.25) is 0 Å². The highest BCUT2D eigenvalue weighted by molar-refractivity contribution is 5.39. The van der Waals surface area contributed by atoms with Crippen LogP contribution in [0, 0.1) is 23.7 Å². The fourth-order valence-electron chi connectivity index (χ4n) is 4.13. The van der Waals surface area contributed by atoms with E-state index in [0.29, 0.717) is 0 Å². The van der Waals surface area contributed by atoms with Gasteiger partial charge < -0.3 is 9.84 Å². The molecule has 0 aliphatic heterocycles. The molecule has 27 heavy (non-hydrogen) atoms. The van der Waals surface area contributed by atoms with E-state index >= 15 is 0 Å². The molecule has 0 saturated heterocycles. The predicted molar refractivity (Wildman–Crippen MR) is 111 cm³/mol. The van der Waals surface area contributed by atoms with Crippen molar-refractivity contribution in [1.82, 2.24) is 0 Å². The van der Waals surface area contributed by atoms with E-state index in [-0.39, 0.29) is 18.4 Å². The minimum absolute atomic E-state index is 0.0306. The van der Waals surface area contributed by atoms with E-state index in [9.17, 15) is 5.11 Å². The Balaban J connectivity index is 1.85. The smallest absolute Gasteiger partial charge is 0.118 e. The maximum atomic E-state index is 10.2. The molecule has 0 heterocycles. The van der Waals surface area contributed by atoms with E-state index < -0.39 is 0 Å². The number of benzene rings is 2. The Morgan fingerprint density at radius 2 is 1.70 bits per heavy atom. The molecule has 1 aliphatic rings. The van der Waals surface area contributed by atoms with Gasteiger partial charge in [0.1, 0.15) is 5.75 Å². The summed E-state index contributed by atoms with van der Waals surface area (Å²) in [6.45, 7) is 0.177. The highest BCUT2D eigenvalue weighted by Crippen LogP contribution is 2.35. The Morgan fingerprint density at radius 1 is 1.00 bits per heavy atom. The molecule has 0 amide bonds. The van der Waals surface area contributed by atoms with Gasteiger partial charge in [-0.25, -0.2) is 0 Å². The van der Waals surface area contributed by atoms with Crippen molar-refractivity contribution in [1.29, 1.82) is 0 Å². The molecule has 0 radical (unpaired) electrons. The summed E-state index contributed by atoms with van der Waals surface area (Å²) >= 11 is 0. The van der Waals surface area contributed by atoms with E-state index in [4.69, 9.17) is 4.74 Å². The van der Waals surface area contributed by atoms with Gasteiger partial charge in [0.15, 0.2) is 0 Å². The lowest BCUT2D eigenvalue weighted by Crippen LogP contribution is -2.21. The highest BCUT2D eigenvalue weighted by atomic mass is 16.5. The second-order valence-electron chi connectivity index (χ2n) is 7.57. The van der Waals surface area contributed by atoms with Gasteiger partial charge in [-0.3, -0.25) is 0 Å². The summed E-state index contributed by atoms with van der Waals surface area (Å²) in [7, 11) is 1.68. The van der Waals surface area contributed by atoms with Crippen LogP contribution in [0.5, 0.6) is 5.75 Å². The Labute approximate surface area is 163 Å². The summed E-state index contributed by atoms with van der Waals surface area (Å²) < 4.78 is 5.30. The second-order valence-corrected chi connectivity index (χ2v) is 7.57. The van der Waals surface area contributed by atoms with E-state index in [0.717, 1.165) is 29.2 Å². The average molecular weight is 363 g/mol. The molecule has 1 aliphatic carbocycles. The molecule has 2 nitrogen and oxygen atoms in total. The minimum atomic E-state index is 0.0306. The van der Waals surface area contributed by atoms with Crippen LogP contribution in [0.4, 0.5) is 0 Å². The molecule has 0 bridgehead atoms. The molecule has 2 heteroatoms. The molecule has 1 fully saturated rings. The molecule has 2 aromatic carbocycles. The van der Waals surface area contributed by atoms with Gasteiger partial charge in [-0.15, -0.1) is 0 Å². The molecule has 1 N–H and O–H groups in total. The lowest BCUT2D eigenvalue weighted by molar-refractivity contribution is 0.176. The van der Waals surface area contributed by atoms with Crippen LogP contribution in [-0.2, 0) is 0 Å². The first-order valence-electron chi connectivity index (χ1n) is 10.1. The van der Waals surface area contributed by atoms with Gasteiger partial charge in [-0.1, -0.05) is 74.3 Å². The fraction of sp³-hybridized carbons (Fsp3) is 0.440. The number of hydrogen-bond acceptors (Lipinski definition) is 2. The maximum absolute atomic E-state index is 10.2. The van der Waals surface area contributed by atoms with E-state index in [1.165, 1.54) is 32.1 Å². The van der Waals surface area contributed by atoms with Gasteiger partial charge >= 0.3 is 0 Å². The van der Waals surface area contributed by atoms with Crippen LogP contribution in [0.15, 0.2) is 54.6 Å². The van der Waals surface area contributed by atoms with Gasteiger partial charge in [-0.2, -0.15) is 0 Å². The van der Waals surface area contributed by atoms with Crippen molar-refractivity contribution in [2.75, 3.05) is 13.7 Å². The number of aliphatic hydroxyl groups excluding tert-OH is 1. The molecule has 0 spiro atoms. The van der Waals surface area contributed by atoms with Crippen LogP contribution < -0.4 is 4.74 Å². The van der Waals surface area contributed by atoms with Crippen LogP contribution >= 0.6 is 0 Å². The Kier molecular flexibility index (Phi) is 7.36. The molecule has 0 unspecified atom stereocenters. The quantitative estimate of drug-likeness (QED) is 0.696. The third kappa shape index (κ3) is 5.62. The van der Waals surface area contributed by atoms with Crippen molar-refractivity contribution >= 4 is 0 Å². The van der Waals surface area contributed by atoms with Gasteiger partial charge in [0.25, 0.3) is 0 Å². The standard InChI is InChI=1S/C25H30O2/c1-27-24-15-13-22(14-16-24)25(17-12-20-8-4-2-5-9-20)23(19-26)18-21-10-6-3-7-11-21/h2,4-5,8-9,13-16,21,23,25-26H,3,6-7,10-11,18-19H2,1H3/t23-,25+/m0/s1. The van der Waals surface area contributed by atoms with Gasteiger partial charge in [0.05, 0.1) is 13.0 Å². The van der Waals surface area contributed by atoms with Crippen molar-refractivity contribution in [3.05, 3.63) is 65.7 Å². The van der Waals surface area contributed by atoms with Gasteiger partial charge in [0, 0.05) is 18.1 Å². The zero-order valence-corrected chi connectivity index (χ0v) is 16.2. The first kappa shape index (κ1) is 19.5. The van der Waals surface area contributed by atoms with Crippen molar-refractivity contribution in [2.24, 2.45) is 11.8 Å². The average Bonchev–Trinajstić information content (AvgIpc) is 2.75. The fourth-order valence-corrected chi connectivity index (χ4v) is 4.13. The summed E-state index contributed by atoms with van der Waals surface area (Å²) in [6, 6.07) is 18.3. The summed E-state index contributed by atoms with van der Waals surface area (Å²) in [6.07, 6.45) is 7.64. The van der Waals surface area contributed by atoms with Crippen molar-refractivity contribution in [3.63, 3.8) is 0 Å². The normalized spacial score (nSPS) is 16.8. The summed E-state index contributed by atoms with van der Waals surface area (Å²) in [4.78, 5) is 0. The van der Waals surface area contributed by atoms with Crippen LogP contribution in [0.1, 0.15) is 55.6 Å². The van der Waals surface area contributed by atoms with Crippen LogP contribution in [-0.4, -0.2) is 18.8 Å². The van der Waals surface area contributed by atoms with Crippen LogP contribution in [0.2, 0.25) is 0 Å². The monoisotopic (exact) mass is 362 g/mol. The zero-order chi connectivity index (χ0) is 18.9. The largest absolute Gasteiger partial charge is 0.497 e. The summed E-state index contributed by atoms with van der Waals surface area (Å²) in [5, 5.41) is 10.2. The SMILES string of the molecule is COc1ccc([C@@H](C#Cc2ccccc2)[C@H](CO)CC2CCCCC2)cc1. The molecular formula is C25H30O2. The Morgan fingerprint density at radius 3 is 2.33 bits per heavy atom. The van der Waals surface area contributed by atoms with Crippen molar-refractivity contribution in [2.45, 2.75) is 44.4 Å². The molecule has 0 aromatic heterocycles. The number of rotatable bonds is 6. The molecule has 1 saturated carbocycles. The first-order chi connectivity index (χ1) is 13.3. The Bertz CT molecular complexity index is 733. The van der Waals surface area contributed by atoms with Gasteiger partial charge in [-0.05, 0) is 42.2 Å². The second kappa shape index (κ2) is 10.2. The number of hydrogen-bond donors (Lipinski definition) is 1. The third-order valence-electron chi connectivity index (χ3n) is 5.69. The molecule has 2 atom stereocenters. The number of methoxy groups -OCH3 is 1. The number of aliphatic hydroxyl groups is 1. The van der Waals surface area contributed by atoms with Crippen molar-refractivity contribution in [3.8, 4) is 17.6 Å². The van der Waals surface area contributed by atoms with E-state index in [1.54, 1.807) is 7.11 Å². The summed E-state index contributed by atoms with van der Waals surface area (Å²) in [5.74, 6) is 8.57. The topological polar surface area (TPSA) is 29.5 Å². The summed E-state index contributed by atoms with van der Waals surface area (Å²) in [5.41, 5.74) is 2.18. The van der Waals surface area contributed by atoms with Crippen LogP contribution in [0.3, 0.4) is 0 Å². The van der Waals surface area contributed by atoms with Crippen molar-refractivity contribution < 1.29 is 9.84 Å². The Hall–Kier alpha value is -2.24. The minimum Gasteiger partial charge on any atom is -0.497 e. The molecule has 3 rings (SSSR count). The molecule has 142 valence electrons. The third-order valence-corrected chi connectivity index (χ3v) is 5.69. The first-order valence-corrected chi connectivity index (χ1v) is 10.1. The highest BCUT2D eigenvalue weighted by Gasteiger charge is 2.25. The molecular weight excluding hydrogens is 332 g/mol. The lowest BCUT2D eigenvalue weighted by atomic mass is 9.76. The number of ether oxygens (including phenoxy) is 1. The molecule has 2 aromatic rings. The van der Waals surface area contributed by atoms with E-state index in [1.807, 2.05) is 42.5 Å².